The standard InChI is InChI=1S/C23H33NO3Si/c1-23(2,3)28(20-12-8-6-9-13-20,21-14-10-7-11-15-21)27-18-19(17-25)16-22(26)24(4)5/h6-15,19,25H,16-18H2,1-5H3. The molecule has 1 atom stereocenters. The average Bonchev–Trinajstić information content (AvgIpc) is 2.67. The fraction of sp³-hybridized carbons (Fsp3) is 0.435. The fourth-order valence-corrected chi connectivity index (χ4v) is 8.25. The van der Waals surface area contributed by atoms with E-state index in [4.69, 9.17) is 4.43 Å². The van der Waals surface area contributed by atoms with Gasteiger partial charge >= 0.3 is 0 Å². The number of amides is 1. The Morgan fingerprint density at radius 2 is 1.46 bits per heavy atom. The number of aliphatic hydroxyl groups is 1. The first kappa shape index (κ1) is 22.3. The Morgan fingerprint density at radius 1 is 1.00 bits per heavy atom. The largest absolute Gasteiger partial charge is 0.407 e. The zero-order valence-electron chi connectivity index (χ0n) is 17.7. The van der Waals surface area contributed by atoms with Crippen LogP contribution in [0, 0.1) is 5.92 Å². The average molecular weight is 400 g/mol. The number of nitrogens with zero attached hydrogens (tertiary/aromatic N) is 1. The summed E-state index contributed by atoms with van der Waals surface area (Å²) < 4.78 is 6.81. The van der Waals surface area contributed by atoms with Gasteiger partial charge < -0.3 is 14.4 Å². The maximum Gasteiger partial charge on any atom is 0.261 e. The van der Waals surface area contributed by atoms with E-state index >= 15 is 0 Å². The van der Waals surface area contributed by atoms with Crippen molar-refractivity contribution in [2.45, 2.75) is 32.2 Å². The molecule has 4 nitrogen and oxygen atoms in total. The molecule has 1 N–H and O–H groups in total. The van der Waals surface area contributed by atoms with E-state index in [2.05, 4.69) is 45.0 Å². The highest BCUT2D eigenvalue weighted by Crippen LogP contribution is 2.37. The van der Waals surface area contributed by atoms with E-state index in [9.17, 15) is 9.90 Å². The third kappa shape index (κ3) is 4.90. The van der Waals surface area contributed by atoms with Crippen LogP contribution in [0.2, 0.25) is 5.04 Å². The summed E-state index contributed by atoms with van der Waals surface area (Å²) in [7, 11) is 0.829. The predicted octanol–water partition coefficient (Wildman–Crippen LogP) is 2.65. The number of carbonyl (C=O) groups excluding carboxylic acids is 1. The first-order valence-electron chi connectivity index (χ1n) is 9.78. The first-order valence-corrected chi connectivity index (χ1v) is 11.7. The quantitative estimate of drug-likeness (QED) is 0.695. The molecule has 0 aliphatic rings. The third-order valence-corrected chi connectivity index (χ3v) is 10.2. The van der Waals surface area contributed by atoms with Gasteiger partial charge in [0.05, 0.1) is 0 Å². The first-order chi connectivity index (χ1) is 13.2. The van der Waals surface area contributed by atoms with Gasteiger partial charge in [-0.05, 0) is 15.4 Å². The molecule has 0 aliphatic heterocycles. The Morgan fingerprint density at radius 3 is 1.82 bits per heavy atom. The molecule has 152 valence electrons. The van der Waals surface area contributed by atoms with Crippen molar-refractivity contribution in [3.05, 3.63) is 60.7 Å². The molecule has 0 aliphatic carbocycles. The van der Waals surface area contributed by atoms with E-state index in [0.29, 0.717) is 6.61 Å². The van der Waals surface area contributed by atoms with Crippen LogP contribution in [0.25, 0.3) is 0 Å². The minimum Gasteiger partial charge on any atom is -0.407 e. The molecule has 0 saturated heterocycles. The van der Waals surface area contributed by atoms with Crippen LogP contribution >= 0.6 is 0 Å². The molecule has 1 unspecified atom stereocenters. The van der Waals surface area contributed by atoms with Gasteiger partial charge in [-0.2, -0.15) is 0 Å². The predicted molar refractivity (Wildman–Crippen MR) is 117 cm³/mol. The second kappa shape index (κ2) is 9.50. The Bertz CT molecular complexity index is 702. The van der Waals surface area contributed by atoms with Gasteiger partial charge in [-0.1, -0.05) is 81.4 Å². The van der Waals surface area contributed by atoms with Crippen LogP contribution in [0.5, 0.6) is 0 Å². The minimum atomic E-state index is -2.64. The molecule has 0 bridgehead atoms. The van der Waals surface area contributed by atoms with Crippen molar-refractivity contribution in [1.29, 1.82) is 0 Å². The van der Waals surface area contributed by atoms with E-state index in [1.54, 1.807) is 19.0 Å². The van der Waals surface area contributed by atoms with Crippen LogP contribution in [0.3, 0.4) is 0 Å². The van der Waals surface area contributed by atoms with Crippen molar-refractivity contribution in [1.82, 2.24) is 4.90 Å². The van der Waals surface area contributed by atoms with Gasteiger partial charge in [-0.25, -0.2) is 0 Å². The molecule has 2 aromatic rings. The summed E-state index contributed by atoms with van der Waals surface area (Å²) in [6, 6.07) is 20.8. The molecule has 0 fully saturated rings. The van der Waals surface area contributed by atoms with Crippen molar-refractivity contribution in [2.75, 3.05) is 27.3 Å². The summed E-state index contributed by atoms with van der Waals surface area (Å²) in [6.45, 7) is 6.94. The second-order valence-corrected chi connectivity index (χ2v) is 12.8. The molecular formula is C23H33NO3Si. The maximum atomic E-state index is 12.1. The number of benzene rings is 2. The summed E-state index contributed by atoms with van der Waals surface area (Å²) in [5.41, 5.74) is 0. The van der Waals surface area contributed by atoms with Gasteiger partial charge in [0.15, 0.2) is 0 Å². The highest BCUT2D eigenvalue weighted by molar-refractivity contribution is 6.99. The van der Waals surface area contributed by atoms with E-state index in [1.807, 2.05) is 36.4 Å². The van der Waals surface area contributed by atoms with E-state index < -0.39 is 8.32 Å². The zero-order valence-corrected chi connectivity index (χ0v) is 18.7. The van der Waals surface area contributed by atoms with Gasteiger partial charge in [0.2, 0.25) is 5.91 Å². The Labute approximate surface area is 170 Å². The van der Waals surface area contributed by atoms with Crippen LogP contribution in [0.15, 0.2) is 60.7 Å². The normalized spacial score (nSPS) is 13.2. The van der Waals surface area contributed by atoms with Crippen LogP contribution in [0.1, 0.15) is 27.2 Å². The summed E-state index contributed by atoms with van der Waals surface area (Å²) in [4.78, 5) is 13.7. The van der Waals surface area contributed by atoms with Crippen molar-refractivity contribution >= 4 is 24.6 Å². The van der Waals surface area contributed by atoms with Gasteiger partial charge in [0.1, 0.15) is 0 Å². The molecule has 0 spiro atoms. The Kier molecular flexibility index (Phi) is 7.58. The summed E-state index contributed by atoms with van der Waals surface area (Å²) >= 11 is 0. The van der Waals surface area contributed by atoms with Crippen molar-refractivity contribution in [3.63, 3.8) is 0 Å². The summed E-state index contributed by atoms with van der Waals surface area (Å²) in [6.07, 6.45) is 0.279. The SMILES string of the molecule is CN(C)C(=O)CC(CO)CO[Si](c1ccccc1)(c1ccccc1)C(C)(C)C. The van der Waals surface area contributed by atoms with Crippen LogP contribution < -0.4 is 10.4 Å². The summed E-state index contributed by atoms with van der Waals surface area (Å²) in [5.74, 6) is -0.221. The number of hydrogen-bond donors (Lipinski definition) is 1. The molecule has 5 heteroatoms. The van der Waals surface area contributed by atoms with Crippen molar-refractivity contribution in [3.8, 4) is 0 Å². The topological polar surface area (TPSA) is 49.8 Å². The lowest BCUT2D eigenvalue weighted by molar-refractivity contribution is -0.130. The zero-order chi connectivity index (χ0) is 20.8. The molecule has 0 radical (unpaired) electrons. The van der Waals surface area contributed by atoms with Crippen molar-refractivity contribution in [2.24, 2.45) is 5.92 Å². The van der Waals surface area contributed by atoms with Gasteiger partial charge in [0, 0.05) is 39.6 Å². The molecule has 0 heterocycles. The fourth-order valence-electron chi connectivity index (χ4n) is 3.61. The lowest BCUT2D eigenvalue weighted by Crippen LogP contribution is -2.67. The molecule has 1 amide bonds. The number of carbonyl (C=O) groups is 1. The van der Waals surface area contributed by atoms with E-state index in [0.717, 1.165) is 0 Å². The van der Waals surface area contributed by atoms with E-state index in [1.165, 1.54) is 10.4 Å². The third-order valence-electron chi connectivity index (χ3n) is 5.17. The molecule has 28 heavy (non-hydrogen) atoms. The van der Waals surface area contributed by atoms with Crippen molar-refractivity contribution < 1.29 is 14.3 Å². The molecule has 2 aromatic carbocycles. The number of rotatable bonds is 8. The molecule has 2 rings (SSSR count). The maximum absolute atomic E-state index is 12.1. The Hall–Kier alpha value is -1.95. The number of hydrogen-bond acceptors (Lipinski definition) is 3. The summed E-state index contributed by atoms with van der Waals surface area (Å²) in [5, 5.41) is 12.1. The molecule has 0 saturated carbocycles. The monoisotopic (exact) mass is 399 g/mol. The number of aliphatic hydroxyl groups excluding tert-OH is 1. The smallest absolute Gasteiger partial charge is 0.261 e. The lowest BCUT2D eigenvalue weighted by Gasteiger charge is -2.43. The second-order valence-electron chi connectivity index (χ2n) is 8.52. The lowest BCUT2D eigenvalue weighted by atomic mass is 10.1. The van der Waals surface area contributed by atoms with Gasteiger partial charge in [-0.3, -0.25) is 4.79 Å². The molecule has 0 aromatic heterocycles. The highest BCUT2D eigenvalue weighted by atomic mass is 28.4. The van der Waals surface area contributed by atoms with E-state index in [-0.39, 0.29) is 29.9 Å². The highest BCUT2D eigenvalue weighted by Gasteiger charge is 2.50. The van der Waals surface area contributed by atoms with Gasteiger partial charge in [0.25, 0.3) is 8.32 Å². The van der Waals surface area contributed by atoms with Crippen LogP contribution in [0.4, 0.5) is 0 Å². The Balaban J connectivity index is 2.45. The van der Waals surface area contributed by atoms with Gasteiger partial charge in [-0.15, -0.1) is 0 Å². The van der Waals surface area contributed by atoms with Crippen LogP contribution in [-0.4, -0.2) is 51.5 Å². The minimum absolute atomic E-state index is 0.00472. The molecular weight excluding hydrogens is 366 g/mol. The van der Waals surface area contributed by atoms with Crippen LogP contribution in [-0.2, 0) is 9.22 Å².